The van der Waals surface area contributed by atoms with Crippen LogP contribution in [-0.4, -0.2) is 36.2 Å². The highest BCUT2D eigenvalue weighted by atomic mass is 16.5. The number of aromatic hydroxyl groups is 1. The SMILES string of the molecule is CCNC(=NCc1ccc(OC)c(O)c1)NCCc1c[nH]c2cccc(C)c12. The minimum absolute atomic E-state index is 0.128. The first kappa shape index (κ1) is 19.6. The van der Waals surface area contributed by atoms with Gasteiger partial charge in [-0.15, -0.1) is 0 Å². The van der Waals surface area contributed by atoms with Crippen molar-refractivity contribution < 1.29 is 9.84 Å². The summed E-state index contributed by atoms with van der Waals surface area (Å²) in [7, 11) is 1.54. The summed E-state index contributed by atoms with van der Waals surface area (Å²) in [6.45, 7) is 6.22. The monoisotopic (exact) mass is 380 g/mol. The normalized spacial score (nSPS) is 11.6. The predicted octanol–water partition coefficient (Wildman–Crippen LogP) is 3.49. The summed E-state index contributed by atoms with van der Waals surface area (Å²) in [5.41, 5.74) is 4.68. The van der Waals surface area contributed by atoms with Crippen LogP contribution in [-0.2, 0) is 13.0 Å². The summed E-state index contributed by atoms with van der Waals surface area (Å²) in [6.07, 6.45) is 2.99. The Labute approximate surface area is 165 Å². The average molecular weight is 380 g/mol. The fraction of sp³-hybridized carbons (Fsp3) is 0.318. The van der Waals surface area contributed by atoms with E-state index in [-0.39, 0.29) is 5.75 Å². The van der Waals surface area contributed by atoms with Crippen molar-refractivity contribution >= 4 is 16.9 Å². The van der Waals surface area contributed by atoms with Gasteiger partial charge in [-0.2, -0.15) is 0 Å². The molecule has 0 radical (unpaired) electrons. The van der Waals surface area contributed by atoms with Crippen molar-refractivity contribution in [3.63, 3.8) is 0 Å². The highest BCUT2D eigenvalue weighted by Crippen LogP contribution is 2.26. The van der Waals surface area contributed by atoms with E-state index in [1.54, 1.807) is 12.1 Å². The van der Waals surface area contributed by atoms with Gasteiger partial charge in [-0.25, -0.2) is 4.99 Å². The number of guanidine groups is 1. The number of fused-ring (bicyclic) bond motifs is 1. The van der Waals surface area contributed by atoms with E-state index in [0.29, 0.717) is 12.3 Å². The van der Waals surface area contributed by atoms with Crippen LogP contribution in [0.4, 0.5) is 0 Å². The zero-order chi connectivity index (χ0) is 19.9. The van der Waals surface area contributed by atoms with E-state index in [9.17, 15) is 5.11 Å². The van der Waals surface area contributed by atoms with E-state index in [4.69, 9.17) is 4.74 Å². The molecule has 0 fully saturated rings. The number of aliphatic imine (C=N–C) groups is 1. The van der Waals surface area contributed by atoms with Crippen LogP contribution in [0.5, 0.6) is 11.5 Å². The number of hydrogen-bond acceptors (Lipinski definition) is 3. The molecular weight excluding hydrogens is 352 g/mol. The third-order valence-electron chi connectivity index (χ3n) is 4.69. The molecule has 0 amide bonds. The van der Waals surface area contributed by atoms with Gasteiger partial charge in [-0.3, -0.25) is 0 Å². The van der Waals surface area contributed by atoms with E-state index < -0.39 is 0 Å². The van der Waals surface area contributed by atoms with Gasteiger partial charge in [0, 0.05) is 30.2 Å². The summed E-state index contributed by atoms with van der Waals surface area (Å²) in [6, 6.07) is 11.7. The minimum Gasteiger partial charge on any atom is -0.504 e. The molecule has 2 aromatic carbocycles. The lowest BCUT2D eigenvalue weighted by molar-refractivity contribution is 0.373. The number of H-pyrrole nitrogens is 1. The minimum atomic E-state index is 0.128. The Balaban J connectivity index is 1.62. The van der Waals surface area contributed by atoms with E-state index in [1.165, 1.54) is 29.1 Å². The quantitative estimate of drug-likeness (QED) is 0.374. The number of aromatic amines is 1. The lowest BCUT2D eigenvalue weighted by Gasteiger charge is -2.12. The zero-order valence-corrected chi connectivity index (χ0v) is 16.7. The molecule has 3 rings (SSSR count). The van der Waals surface area contributed by atoms with Crippen molar-refractivity contribution in [3.05, 3.63) is 59.3 Å². The van der Waals surface area contributed by atoms with Crippen molar-refractivity contribution in [1.82, 2.24) is 15.6 Å². The number of aryl methyl sites for hydroxylation is 1. The summed E-state index contributed by atoms with van der Waals surface area (Å²) in [4.78, 5) is 7.96. The van der Waals surface area contributed by atoms with Crippen LogP contribution in [0.25, 0.3) is 10.9 Å². The average Bonchev–Trinajstić information content (AvgIpc) is 3.11. The van der Waals surface area contributed by atoms with Crippen molar-refractivity contribution in [3.8, 4) is 11.5 Å². The highest BCUT2D eigenvalue weighted by molar-refractivity contribution is 5.86. The number of rotatable bonds is 7. The Morgan fingerprint density at radius 2 is 2.07 bits per heavy atom. The molecule has 28 heavy (non-hydrogen) atoms. The van der Waals surface area contributed by atoms with Gasteiger partial charge in [0.05, 0.1) is 13.7 Å². The van der Waals surface area contributed by atoms with E-state index in [1.807, 2.05) is 13.0 Å². The van der Waals surface area contributed by atoms with Crippen molar-refractivity contribution in [2.24, 2.45) is 4.99 Å². The number of phenolic OH excluding ortho intramolecular Hbond substituents is 1. The summed E-state index contributed by atoms with van der Waals surface area (Å²) >= 11 is 0. The predicted molar refractivity (Wildman–Crippen MR) is 114 cm³/mol. The molecule has 6 nitrogen and oxygen atoms in total. The maximum atomic E-state index is 9.91. The summed E-state index contributed by atoms with van der Waals surface area (Å²) in [5.74, 6) is 1.35. The lowest BCUT2D eigenvalue weighted by atomic mass is 10.1. The van der Waals surface area contributed by atoms with Gasteiger partial charge in [0.15, 0.2) is 17.5 Å². The smallest absolute Gasteiger partial charge is 0.191 e. The first-order valence-electron chi connectivity index (χ1n) is 9.56. The number of nitrogens with zero attached hydrogens (tertiary/aromatic N) is 1. The number of phenols is 1. The second-order valence-electron chi connectivity index (χ2n) is 6.69. The van der Waals surface area contributed by atoms with Gasteiger partial charge in [-0.1, -0.05) is 18.2 Å². The largest absolute Gasteiger partial charge is 0.504 e. The Morgan fingerprint density at radius 1 is 1.21 bits per heavy atom. The highest BCUT2D eigenvalue weighted by Gasteiger charge is 2.07. The molecule has 0 spiro atoms. The number of aromatic nitrogens is 1. The molecule has 0 saturated carbocycles. The van der Waals surface area contributed by atoms with Gasteiger partial charge < -0.3 is 25.5 Å². The molecule has 1 heterocycles. The molecule has 0 aliphatic heterocycles. The van der Waals surface area contributed by atoms with E-state index in [0.717, 1.165) is 31.0 Å². The lowest BCUT2D eigenvalue weighted by Crippen LogP contribution is -2.38. The fourth-order valence-electron chi connectivity index (χ4n) is 3.31. The molecular formula is C22H28N4O2. The maximum Gasteiger partial charge on any atom is 0.191 e. The molecule has 3 aromatic rings. The van der Waals surface area contributed by atoms with Crippen LogP contribution in [0.3, 0.4) is 0 Å². The molecule has 0 saturated heterocycles. The first-order valence-corrected chi connectivity index (χ1v) is 9.56. The Bertz CT molecular complexity index is 962. The van der Waals surface area contributed by atoms with Crippen LogP contribution < -0.4 is 15.4 Å². The van der Waals surface area contributed by atoms with Gasteiger partial charge >= 0.3 is 0 Å². The van der Waals surface area contributed by atoms with Gasteiger partial charge in [-0.05, 0) is 55.2 Å². The van der Waals surface area contributed by atoms with Crippen molar-refractivity contribution in [1.29, 1.82) is 0 Å². The zero-order valence-electron chi connectivity index (χ0n) is 16.7. The molecule has 148 valence electrons. The second kappa shape index (κ2) is 9.17. The molecule has 0 atom stereocenters. The Kier molecular flexibility index (Phi) is 6.42. The second-order valence-corrected chi connectivity index (χ2v) is 6.69. The van der Waals surface area contributed by atoms with Gasteiger partial charge in [0.1, 0.15) is 0 Å². The first-order chi connectivity index (χ1) is 13.6. The van der Waals surface area contributed by atoms with Crippen LogP contribution >= 0.6 is 0 Å². The maximum absolute atomic E-state index is 9.91. The third-order valence-corrected chi connectivity index (χ3v) is 4.69. The van der Waals surface area contributed by atoms with E-state index >= 15 is 0 Å². The van der Waals surface area contributed by atoms with E-state index in [2.05, 4.69) is 51.9 Å². The summed E-state index contributed by atoms with van der Waals surface area (Å²) in [5, 5.41) is 17.9. The van der Waals surface area contributed by atoms with Gasteiger partial charge in [0.2, 0.25) is 0 Å². The van der Waals surface area contributed by atoms with Gasteiger partial charge in [0.25, 0.3) is 0 Å². The summed E-state index contributed by atoms with van der Waals surface area (Å²) < 4.78 is 5.08. The molecule has 4 N–H and O–H groups in total. The molecule has 0 bridgehead atoms. The van der Waals surface area contributed by atoms with Crippen molar-refractivity contribution in [2.45, 2.75) is 26.8 Å². The molecule has 0 aliphatic rings. The molecule has 0 aliphatic carbocycles. The van der Waals surface area contributed by atoms with Crippen LogP contribution in [0, 0.1) is 6.92 Å². The Morgan fingerprint density at radius 3 is 2.82 bits per heavy atom. The number of methoxy groups -OCH3 is 1. The topological polar surface area (TPSA) is 81.7 Å². The number of benzene rings is 2. The Hall–Kier alpha value is -3.15. The molecule has 0 unspecified atom stereocenters. The van der Waals surface area contributed by atoms with Crippen LogP contribution in [0.2, 0.25) is 0 Å². The third kappa shape index (κ3) is 4.57. The van der Waals surface area contributed by atoms with Crippen LogP contribution in [0.15, 0.2) is 47.6 Å². The number of hydrogen-bond donors (Lipinski definition) is 4. The molecule has 1 aromatic heterocycles. The van der Waals surface area contributed by atoms with Crippen LogP contribution in [0.1, 0.15) is 23.6 Å². The number of nitrogens with one attached hydrogen (secondary N) is 3. The fourth-order valence-corrected chi connectivity index (χ4v) is 3.31. The van der Waals surface area contributed by atoms with Crippen molar-refractivity contribution in [2.75, 3.05) is 20.2 Å². The number of ether oxygens (including phenoxy) is 1. The molecule has 6 heteroatoms. The standard InChI is InChI=1S/C22H28N4O2/c1-4-23-22(26-13-16-8-9-20(28-3)19(27)12-16)24-11-10-17-14-25-18-7-5-6-15(2)21(17)18/h5-9,12,14,25,27H,4,10-11,13H2,1-3H3,(H2,23,24,26).